The smallest absolute Gasteiger partial charge is 0.0462 e. The Hall–Kier alpha value is -7.52. The first-order valence-corrected chi connectivity index (χ1v) is 23.1. The van der Waals surface area contributed by atoms with Crippen LogP contribution >= 0.6 is 11.3 Å². The van der Waals surface area contributed by atoms with Crippen LogP contribution in [0.1, 0.15) is 30.9 Å². The lowest BCUT2D eigenvalue weighted by molar-refractivity contribution is 1.03. The molecule has 64 heavy (non-hydrogen) atoms. The number of rotatable bonds is 9. The minimum absolute atomic E-state index is 1.09. The minimum atomic E-state index is 1.09. The maximum absolute atomic E-state index is 2.38. The summed E-state index contributed by atoms with van der Waals surface area (Å²) < 4.78 is 2.65. The number of hydrogen-bond acceptors (Lipinski definition) is 2. The van der Waals surface area contributed by atoms with Gasteiger partial charge in [-0.05, 0) is 177 Å². The molecular weight excluding hydrogens is 791 g/mol. The molecule has 0 fully saturated rings. The molecule has 306 valence electrons. The van der Waals surface area contributed by atoms with Crippen molar-refractivity contribution in [3.63, 3.8) is 0 Å². The van der Waals surface area contributed by atoms with Gasteiger partial charge in [-0.15, -0.1) is 11.3 Å². The largest absolute Gasteiger partial charge is 0.311 e. The SMILES string of the molecule is CC1=C(c2cccc(-c3ccc(N(c4ccc(-c5cc(-c6ccccc6)cc(-c6ccccc6)c5)cc4)c4ccc(-c5ccc6sc7ccccc7c6c5)cc4)cc3)c2C)CCC=C1. The van der Waals surface area contributed by atoms with Gasteiger partial charge >= 0.3 is 0 Å². The van der Waals surface area contributed by atoms with Gasteiger partial charge in [0.1, 0.15) is 0 Å². The molecule has 0 saturated heterocycles. The fraction of sp³-hybridized carbons (Fsp3) is 0.0645. The second kappa shape index (κ2) is 17.0. The number of hydrogen-bond donors (Lipinski definition) is 0. The van der Waals surface area contributed by atoms with E-state index < -0.39 is 0 Å². The fourth-order valence-corrected chi connectivity index (χ4v) is 10.6. The van der Waals surface area contributed by atoms with Gasteiger partial charge in [0.15, 0.2) is 0 Å². The summed E-state index contributed by atoms with van der Waals surface area (Å²) in [5.74, 6) is 0. The number of nitrogens with zero attached hydrogens (tertiary/aromatic N) is 1. The van der Waals surface area contributed by atoms with Crippen molar-refractivity contribution >= 4 is 54.1 Å². The molecule has 2 heteroatoms. The third-order valence-corrected chi connectivity index (χ3v) is 14.1. The highest BCUT2D eigenvalue weighted by Gasteiger charge is 2.17. The number of anilines is 3. The van der Waals surface area contributed by atoms with Crippen molar-refractivity contribution in [1.82, 2.24) is 0 Å². The maximum atomic E-state index is 2.38. The summed E-state index contributed by atoms with van der Waals surface area (Å²) in [7, 11) is 0. The molecule has 1 heterocycles. The first-order chi connectivity index (χ1) is 31.5. The molecule has 0 atom stereocenters. The highest BCUT2D eigenvalue weighted by atomic mass is 32.1. The lowest BCUT2D eigenvalue weighted by Gasteiger charge is -2.26. The van der Waals surface area contributed by atoms with Crippen molar-refractivity contribution in [2.75, 3.05) is 4.90 Å². The van der Waals surface area contributed by atoms with E-state index in [0.29, 0.717) is 0 Å². The van der Waals surface area contributed by atoms with E-state index in [1.807, 2.05) is 11.3 Å². The summed E-state index contributed by atoms with van der Waals surface area (Å²) in [6.45, 7) is 4.52. The molecule has 0 unspecified atom stereocenters. The Labute approximate surface area is 380 Å². The molecule has 10 aromatic rings. The van der Waals surface area contributed by atoms with Gasteiger partial charge in [-0.1, -0.05) is 152 Å². The van der Waals surface area contributed by atoms with Crippen LogP contribution < -0.4 is 4.90 Å². The van der Waals surface area contributed by atoms with Gasteiger partial charge in [0.25, 0.3) is 0 Å². The zero-order valence-corrected chi connectivity index (χ0v) is 36.9. The van der Waals surface area contributed by atoms with E-state index in [1.165, 1.54) is 98.1 Å². The first kappa shape index (κ1) is 39.3. The minimum Gasteiger partial charge on any atom is -0.311 e. The lowest BCUT2D eigenvalue weighted by Crippen LogP contribution is -2.09. The number of fused-ring (bicyclic) bond motifs is 3. The summed E-state index contributed by atoms with van der Waals surface area (Å²) in [6, 6.07) is 78.0. The third-order valence-electron chi connectivity index (χ3n) is 12.9. The van der Waals surface area contributed by atoms with Crippen LogP contribution in [0.15, 0.2) is 230 Å². The Kier molecular flexibility index (Phi) is 10.4. The van der Waals surface area contributed by atoms with Crippen LogP contribution in [0.3, 0.4) is 0 Å². The Morgan fingerprint density at radius 1 is 0.375 bits per heavy atom. The van der Waals surface area contributed by atoms with Crippen LogP contribution in [0, 0.1) is 6.92 Å². The summed E-state index contributed by atoms with van der Waals surface area (Å²) in [5, 5.41) is 2.64. The molecule has 0 N–H and O–H groups in total. The standard InChI is InChI=1S/C62H47NS/c1-42-14-9-10-19-56(42)58-22-13-21-57(43(58)2)48-28-35-55(36-29-48)63(53-31-24-46(25-32-53)49-30-37-62-60(41-49)59-20-11-12-23-61(59)64-62)54-33-26-47(27-34-54)52-39-50(44-15-5-3-6-16-44)38-51(40-52)45-17-7-4-8-18-45/h3-9,11-18,20-41H,10,19H2,1-2H3. The lowest BCUT2D eigenvalue weighted by atomic mass is 9.87. The molecule has 9 aromatic carbocycles. The average Bonchev–Trinajstić information content (AvgIpc) is 3.74. The van der Waals surface area contributed by atoms with Gasteiger partial charge in [0.05, 0.1) is 0 Å². The van der Waals surface area contributed by atoms with E-state index in [9.17, 15) is 0 Å². The highest BCUT2D eigenvalue weighted by Crippen LogP contribution is 2.42. The van der Waals surface area contributed by atoms with Crippen molar-refractivity contribution in [2.45, 2.75) is 26.7 Å². The third kappa shape index (κ3) is 7.57. The zero-order chi connectivity index (χ0) is 43.0. The Balaban J connectivity index is 0.978. The predicted octanol–water partition coefficient (Wildman–Crippen LogP) is 18.3. The summed E-state index contributed by atoms with van der Waals surface area (Å²) in [5.41, 5.74) is 21.0. The van der Waals surface area contributed by atoms with Gasteiger partial charge in [-0.2, -0.15) is 0 Å². The molecule has 0 aliphatic heterocycles. The molecule has 1 aliphatic rings. The zero-order valence-electron chi connectivity index (χ0n) is 36.1. The second-order valence-corrected chi connectivity index (χ2v) is 18.0. The topological polar surface area (TPSA) is 3.24 Å². The van der Waals surface area contributed by atoms with Crippen molar-refractivity contribution in [3.8, 4) is 55.6 Å². The van der Waals surface area contributed by atoms with Crippen LogP contribution in [0.5, 0.6) is 0 Å². The van der Waals surface area contributed by atoms with Crippen molar-refractivity contribution in [1.29, 1.82) is 0 Å². The van der Waals surface area contributed by atoms with Gasteiger partial charge in [0.2, 0.25) is 0 Å². The second-order valence-electron chi connectivity index (χ2n) is 16.9. The Morgan fingerprint density at radius 3 is 1.45 bits per heavy atom. The van der Waals surface area contributed by atoms with Gasteiger partial charge in [0, 0.05) is 37.2 Å². The molecule has 0 amide bonds. The van der Waals surface area contributed by atoms with E-state index in [1.54, 1.807) is 0 Å². The van der Waals surface area contributed by atoms with Crippen LogP contribution in [0.2, 0.25) is 0 Å². The maximum Gasteiger partial charge on any atom is 0.0462 e. The van der Waals surface area contributed by atoms with E-state index in [2.05, 4.69) is 243 Å². The van der Waals surface area contributed by atoms with E-state index >= 15 is 0 Å². The molecule has 11 rings (SSSR count). The van der Waals surface area contributed by atoms with Crippen molar-refractivity contribution in [3.05, 3.63) is 241 Å². The summed E-state index contributed by atoms with van der Waals surface area (Å²) in [4.78, 5) is 2.38. The summed E-state index contributed by atoms with van der Waals surface area (Å²) in [6.07, 6.45) is 6.75. The fourth-order valence-electron chi connectivity index (χ4n) is 9.55. The number of allylic oxidation sites excluding steroid dienone is 4. The molecule has 1 aromatic heterocycles. The van der Waals surface area contributed by atoms with Gasteiger partial charge in [-0.3, -0.25) is 0 Å². The monoisotopic (exact) mass is 837 g/mol. The number of benzene rings is 9. The predicted molar refractivity (Wildman–Crippen MR) is 277 cm³/mol. The molecule has 0 saturated carbocycles. The normalized spacial score (nSPS) is 12.6. The Morgan fingerprint density at radius 2 is 0.859 bits per heavy atom. The number of thiophene rings is 1. The molecule has 1 nitrogen and oxygen atoms in total. The first-order valence-electron chi connectivity index (χ1n) is 22.3. The molecule has 0 bridgehead atoms. The van der Waals surface area contributed by atoms with E-state index in [-0.39, 0.29) is 0 Å². The average molecular weight is 838 g/mol. The highest BCUT2D eigenvalue weighted by molar-refractivity contribution is 7.25. The van der Waals surface area contributed by atoms with Crippen LogP contribution in [0.4, 0.5) is 17.1 Å². The van der Waals surface area contributed by atoms with Gasteiger partial charge < -0.3 is 4.90 Å². The van der Waals surface area contributed by atoms with Crippen molar-refractivity contribution < 1.29 is 0 Å². The Bertz CT molecular complexity index is 3300. The van der Waals surface area contributed by atoms with Crippen molar-refractivity contribution in [2.24, 2.45) is 0 Å². The summed E-state index contributed by atoms with van der Waals surface area (Å²) >= 11 is 1.86. The molecular formula is C62H47NS. The van der Waals surface area contributed by atoms with E-state index in [4.69, 9.17) is 0 Å². The molecule has 1 aliphatic carbocycles. The molecule has 0 radical (unpaired) electrons. The molecule has 0 spiro atoms. The quantitative estimate of drug-likeness (QED) is 0.140. The van der Waals surface area contributed by atoms with E-state index in [0.717, 1.165) is 29.9 Å². The van der Waals surface area contributed by atoms with Crippen LogP contribution in [-0.2, 0) is 0 Å². The van der Waals surface area contributed by atoms with Gasteiger partial charge in [-0.25, -0.2) is 0 Å². The van der Waals surface area contributed by atoms with Crippen LogP contribution in [0.25, 0.3) is 81.4 Å². The van der Waals surface area contributed by atoms with Crippen LogP contribution in [-0.4, -0.2) is 0 Å².